The highest BCUT2D eigenvalue weighted by Gasteiger charge is 2.19. The van der Waals surface area contributed by atoms with Crippen molar-refractivity contribution in [2.24, 2.45) is 0 Å². The maximum Gasteiger partial charge on any atom is 0.175 e. The van der Waals surface area contributed by atoms with Gasteiger partial charge in [-0.25, -0.2) is 12.8 Å². The van der Waals surface area contributed by atoms with E-state index in [2.05, 4.69) is 0 Å². The zero-order valence-corrected chi connectivity index (χ0v) is 14.2. The molecule has 0 saturated carbocycles. The highest BCUT2D eigenvalue weighted by atomic mass is 35.5. The fourth-order valence-corrected chi connectivity index (χ4v) is 3.72. The number of sulfone groups is 1. The van der Waals surface area contributed by atoms with Gasteiger partial charge in [-0.05, 0) is 65.8 Å². The van der Waals surface area contributed by atoms with E-state index in [1.807, 2.05) is 18.2 Å². The largest absolute Gasteiger partial charge is 0.224 e. The fourth-order valence-electron chi connectivity index (χ4n) is 2.97. The number of rotatable bonds is 3. The molecule has 0 amide bonds. The summed E-state index contributed by atoms with van der Waals surface area (Å²) >= 11 is 5.75. The van der Waals surface area contributed by atoms with Crippen molar-refractivity contribution < 1.29 is 12.8 Å². The second-order valence-electron chi connectivity index (χ2n) is 5.74. The summed E-state index contributed by atoms with van der Waals surface area (Å²) in [5.74, 6) is -0.421. The molecular formula is C18H16ClFO2S. The normalized spacial score (nSPS) is 15.3. The predicted molar refractivity (Wildman–Crippen MR) is 91.6 cm³/mol. The lowest BCUT2D eigenvalue weighted by Crippen LogP contribution is -1.97. The summed E-state index contributed by atoms with van der Waals surface area (Å²) in [5, 5.41) is 0.117. The second kappa shape index (κ2) is 6.10. The lowest BCUT2D eigenvalue weighted by atomic mass is 9.97. The van der Waals surface area contributed by atoms with E-state index in [9.17, 15) is 12.8 Å². The highest BCUT2D eigenvalue weighted by molar-refractivity contribution is 7.90. The molecule has 0 saturated heterocycles. The molecule has 0 N–H and O–H groups in total. The van der Waals surface area contributed by atoms with Gasteiger partial charge in [0.2, 0.25) is 0 Å². The van der Waals surface area contributed by atoms with E-state index in [-0.39, 0.29) is 5.02 Å². The number of hydrogen-bond acceptors (Lipinski definition) is 2. The predicted octanol–water partition coefficient (Wildman–Crippen LogP) is 4.98. The number of hydrogen-bond donors (Lipinski definition) is 0. The van der Waals surface area contributed by atoms with E-state index in [0.29, 0.717) is 4.90 Å². The molecule has 0 spiro atoms. The van der Waals surface area contributed by atoms with Crippen LogP contribution < -0.4 is 0 Å². The van der Waals surface area contributed by atoms with Gasteiger partial charge in [-0.3, -0.25) is 0 Å². The Balaban J connectivity index is 2.04. The third-order valence-electron chi connectivity index (χ3n) is 4.12. The molecule has 2 nitrogen and oxygen atoms in total. The molecule has 1 aliphatic carbocycles. The van der Waals surface area contributed by atoms with Crippen molar-refractivity contribution in [1.29, 1.82) is 0 Å². The SMILES string of the molecule is CS(=O)(=O)c1ccc(C2=C(c3ccc(Cl)c(F)c3)CCC2)cc1. The lowest BCUT2D eigenvalue weighted by molar-refractivity contribution is 0.602. The van der Waals surface area contributed by atoms with Gasteiger partial charge in [-0.1, -0.05) is 29.8 Å². The molecule has 2 aromatic carbocycles. The van der Waals surface area contributed by atoms with Crippen molar-refractivity contribution in [1.82, 2.24) is 0 Å². The fraction of sp³-hybridized carbons (Fsp3) is 0.222. The Morgan fingerprint density at radius 1 is 0.957 bits per heavy atom. The van der Waals surface area contributed by atoms with Gasteiger partial charge in [-0.15, -0.1) is 0 Å². The van der Waals surface area contributed by atoms with Crippen LogP contribution in [0.3, 0.4) is 0 Å². The van der Waals surface area contributed by atoms with E-state index in [0.717, 1.165) is 41.5 Å². The zero-order valence-electron chi connectivity index (χ0n) is 12.6. The van der Waals surface area contributed by atoms with Gasteiger partial charge in [0.1, 0.15) is 5.82 Å². The summed E-state index contributed by atoms with van der Waals surface area (Å²) in [4.78, 5) is 0.305. The Morgan fingerprint density at radius 2 is 1.52 bits per heavy atom. The van der Waals surface area contributed by atoms with Crippen LogP contribution in [-0.4, -0.2) is 14.7 Å². The quantitative estimate of drug-likeness (QED) is 0.782. The van der Waals surface area contributed by atoms with Crippen molar-refractivity contribution >= 4 is 32.6 Å². The van der Waals surface area contributed by atoms with E-state index in [4.69, 9.17) is 11.6 Å². The maximum atomic E-state index is 13.7. The maximum absolute atomic E-state index is 13.7. The van der Waals surface area contributed by atoms with Crippen LogP contribution in [0.4, 0.5) is 4.39 Å². The molecule has 0 unspecified atom stereocenters. The first kappa shape index (κ1) is 16.2. The highest BCUT2D eigenvalue weighted by Crippen LogP contribution is 2.40. The molecule has 5 heteroatoms. The summed E-state index contributed by atoms with van der Waals surface area (Å²) in [7, 11) is -3.20. The van der Waals surface area contributed by atoms with E-state index in [1.54, 1.807) is 18.2 Å². The molecule has 23 heavy (non-hydrogen) atoms. The third kappa shape index (κ3) is 3.33. The molecule has 0 fully saturated rings. The van der Waals surface area contributed by atoms with Crippen molar-refractivity contribution in [3.8, 4) is 0 Å². The number of halogens is 2. The van der Waals surface area contributed by atoms with Gasteiger partial charge >= 0.3 is 0 Å². The monoisotopic (exact) mass is 350 g/mol. The smallest absolute Gasteiger partial charge is 0.175 e. The third-order valence-corrected chi connectivity index (χ3v) is 5.55. The van der Waals surface area contributed by atoms with Crippen molar-refractivity contribution in [3.63, 3.8) is 0 Å². The summed E-state index contributed by atoms with van der Waals surface area (Å²) in [6.45, 7) is 0. The average Bonchev–Trinajstić information content (AvgIpc) is 2.99. The van der Waals surface area contributed by atoms with Gasteiger partial charge in [-0.2, -0.15) is 0 Å². The van der Waals surface area contributed by atoms with Crippen LogP contribution >= 0.6 is 11.6 Å². The van der Waals surface area contributed by atoms with Crippen molar-refractivity contribution in [2.45, 2.75) is 24.2 Å². The Labute approximate surface area is 140 Å². The van der Waals surface area contributed by atoms with Gasteiger partial charge in [0.25, 0.3) is 0 Å². The van der Waals surface area contributed by atoms with Crippen LogP contribution in [-0.2, 0) is 9.84 Å². The van der Waals surface area contributed by atoms with E-state index < -0.39 is 15.7 Å². The van der Waals surface area contributed by atoms with Gasteiger partial charge < -0.3 is 0 Å². The molecule has 0 aliphatic heterocycles. The van der Waals surface area contributed by atoms with Crippen LogP contribution in [0.25, 0.3) is 11.1 Å². The molecular weight excluding hydrogens is 335 g/mol. The van der Waals surface area contributed by atoms with Crippen LogP contribution in [0, 0.1) is 5.82 Å². The van der Waals surface area contributed by atoms with Crippen LogP contribution in [0.15, 0.2) is 47.4 Å². The minimum Gasteiger partial charge on any atom is -0.224 e. The minimum absolute atomic E-state index is 0.117. The first-order chi connectivity index (χ1) is 10.9. The average molecular weight is 351 g/mol. The molecule has 0 heterocycles. The number of benzene rings is 2. The zero-order chi connectivity index (χ0) is 16.6. The Kier molecular flexibility index (Phi) is 4.30. The van der Waals surface area contributed by atoms with Gasteiger partial charge in [0.15, 0.2) is 9.84 Å². The molecule has 1 aliphatic rings. The molecule has 3 rings (SSSR count). The topological polar surface area (TPSA) is 34.1 Å². The molecule has 120 valence electrons. The Morgan fingerprint density at radius 3 is 2.09 bits per heavy atom. The molecule has 0 bridgehead atoms. The van der Waals surface area contributed by atoms with Gasteiger partial charge in [0, 0.05) is 6.26 Å². The standard InChI is InChI=1S/C18H16ClFO2S/c1-23(21,22)14-8-5-12(6-9-14)15-3-2-4-16(15)13-7-10-17(19)18(20)11-13/h5-11H,2-4H2,1H3. The summed E-state index contributed by atoms with van der Waals surface area (Å²) in [6.07, 6.45) is 3.98. The van der Waals surface area contributed by atoms with Crippen LogP contribution in [0.2, 0.25) is 5.02 Å². The Bertz CT molecular complexity index is 884. The number of allylic oxidation sites excluding steroid dienone is 2. The van der Waals surface area contributed by atoms with Crippen molar-refractivity contribution in [2.75, 3.05) is 6.26 Å². The molecule has 2 aromatic rings. The van der Waals surface area contributed by atoms with Crippen LogP contribution in [0.5, 0.6) is 0 Å². The minimum atomic E-state index is -3.20. The summed E-state index contributed by atoms with van der Waals surface area (Å²) in [6, 6.07) is 11.8. The van der Waals surface area contributed by atoms with E-state index in [1.165, 1.54) is 12.3 Å². The second-order valence-corrected chi connectivity index (χ2v) is 8.16. The van der Waals surface area contributed by atoms with Crippen LogP contribution in [0.1, 0.15) is 30.4 Å². The first-order valence-corrected chi connectivity index (χ1v) is 9.61. The first-order valence-electron chi connectivity index (χ1n) is 7.34. The molecule has 0 radical (unpaired) electrons. The van der Waals surface area contributed by atoms with Crippen molar-refractivity contribution in [3.05, 3.63) is 64.4 Å². The molecule has 0 atom stereocenters. The summed E-state index contributed by atoms with van der Waals surface area (Å²) in [5.41, 5.74) is 4.08. The van der Waals surface area contributed by atoms with E-state index >= 15 is 0 Å². The van der Waals surface area contributed by atoms with Gasteiger partial charge in [0.05, 0.1) is 9.92 Å². The Hall–Kier alpha value is -1.65. The summed E-state index contributed by atoms with van der Waals surface area (Å²) < 4.78 is 36.8. The lowest BCUT2D eigenvalue weighted by Gasteiger charge is -2.10. The molecule has 0 aromatic heterocycles.